The summed E-state index contributed by atoms with van der Waals surface area (Å²) in [5, 5.41) is 10.2. The number of carbonyl (C=O) groups is 1. The van der Waals surface area contributed by atoms with Crippen molar-refractivity contribution in [2.24, 2.45) is 0 Å². The van der Waals surface area contributed by atoms with E-state index in [1.165, 1.54) is 0 Å². The van der Waals surface area contributed by atoms with E-state index in [2.05, 4.69) is 25.8 Å². The number of amides is 1. The van der Waals surface area contributed by atoms with Gasteiger partial charge in [-0.1, -0.05) is 23.4 Å². The number of pyridine rings is 1. The molecule has 4 heterocycles. The number of benzene rings is 1. The Labute approximate surface area is 178 Å². The summed E-state index contributed by atoms with van der Waals surface area (Å²) in [7, 11) is 0. The van der Waals surface area contributed by atoms with Gasteiger partial charge in [-0.15, -0.1) is 0 Å². The van der Waals surface area contributed by atoms with Crippen molar-refractivity contribution in [3.05, 3.63) is 65.4 Å². The fourth-order valence-electron chi connectivity index (χ4n) is 3.34. The summed E-state index contributed by atoms with van der Waals surface area (Å²) in [6.45, 7) is 5.87. The molecule has 0 aliphatic carbocycles. The predicted molar refractivity (Wildman–Crippen MR) is 114 cm³/mol. The number of nitrogens with one attached hydrogen (secondary N) is 2. The van der Waals surface area contributed by atoms with Crippen LogP contribution in [-0.4, -0.2) is 44.6 Å². The van der Waals surface area contributed by atoms with Crippen LogP contribution >= 0.6 is 0 Å². The highest BCUT2D eigenvalue weighted by molar-refractivity contribution is 6.04. The molecule has 1 aliphatic heterocycles. The maximum Gasteiger partial charge on any atom is 0.274 e. The molecule has 3 aromatic heterocycles. The van der Waals surface area contributed by atoms with Crippen molar-refractivity contribution in [2.75, 3.05) is 18.4 Å². The van der Waals surface area contributed by atoms with Crippen molar-refractivity contribution in [3.63, 3.8) is 0 Å². The second-order valence-electron chi connectivity index (χ2n) is 7.66. The Kier molecular flexibility index (Phi) is 4.97. The number of carbonyl (C=O) groups excluding carboxylic acids is 1. The van der Waals surface area contributed by atoms with Gasteiger partial charge in [-0.25, -0.2) is 4.98 Å². The molecule has 0 spiro atoms. The molecule has 5 rings (SSSR count). The number of aromatic nitrogens is 4. The molecule has 0 saturated carbocycles. The molecule has 1 amide bonds. The van der Waals surface area contributed by atoms with Crippen LogP contribution in [0.4, 0.5) is 5.69 Å². The Morgan fingerprint density at radius 1 is 1.29 bits per heavy atom. The molecular weight excluding hydrogens is 396 g/mol. The number of hydrogen-bond acceptors (Lipinski definition) is 7. The lowest BCUT2D eigenvalue weighted by Crippen LogP contribution is -2.48. The van der Waals surface area contributed by atoms with Crippen molar-refractivity contribution in [1.29, 1.82) is 0 Å². The summed E-state index contributed by atoms with van der Waals surface area (Å²) in [4.78, 5) is 21.7. The topological polar surface area (TPSA) is 107 Å². The number of hydrogen-bond donors (Lipinski definition) is 2. The van der Waals surface area contributed by atoms with Gasteiger partial charge in [-0.2, -0.15) is 4.98 Å². The number of rotatable bonds is 6. The third-order valence-corrected chi connectivity index (χ3v) is 5.28. The molecule has 0 radical (unpaired) electrons. The van der Waals surface area contributed by atoms with E-state index in [0.29, 0.717) is 23.1 Å². The molecule has 31 heavy (non-hydrogen) atoms. The van der Waals surface area contributed by atoms with Crippen molar-refractivity contribution in [3.8, 4) is 11.4 Å². The number of aryl methyl sites for hydroxylation is 2. The normalized spacial score (nSPS) is 14.0. The van der Waals surface area contributed by atoms with Gasteiger partial charge in [0.05, 0.1) is 12.3 Å². The minimum Gasteiger partial charge on any atom is -0.366 e. The third kappa shape index (κ3) is 3.92. The van der Waals surface area contributed by atoms with E-state index in [1.807, 2.05) is 50.4 Å². The van der Waals surface area contributed by atoms with Crippen LogP contribution in [0.25, 0.3) is 17.0 Å². The van der Waals surface area contributed by atoms with Gasteiger partial charge in [0.15, 0.2) is 0 Å². The zero-order valence-corrected chi connectivity index (χ0v) is 17.3. The summed E-state index contributed by atoms with van der Waals surface area (Å²) >= 11 is 0. The summed E-state index contributed by atoms with van der Waals surface area (Å²) < 4.78 is 12.8. The first-order valence-corrected chi connectivity index (χ1v) is 10.1. The molecule has 9 nitrogen and oxygen atoms in total. The first-order chi connectivity index (χ1) is 15.1. The molecule has 1 aliphatic rings. The summed E-state index contributed by atoms with van der Waals surface area (Å²) in [5.74, 6) is 0.634. The largest absolute Gasteiger partial charge is 0.366 e. The van der Waals surface area contributed by atoms with Crippen molar-refractivity contribution >= 4 is 17.2 Å². The van der Waals surface area contributed by atoms with Crippen LogP contribution in [0.1, 0.15) is 27.5 Å². The molecule has 9 heteroatoms. The smallest absolute Gasteiger partial charge is 0.274 e. The average molecular weight is 418 g/mol. The van der Waals surface area contributed by atoms with Gasteiger partial charge < -0.3 is 19.9 Å². The Morgan fingerprint density at radius 3 is 2.97 bits per heavy atom. The van der Waals surface area contributed by atoms with Crippen LogP contribution < -0.4 is 10.6 Å². The number of nitrogens with zero attached hydrogens (tertiary/aromatic N) is 4. The van der Waals surface area contributed by atoms with E-state index in [0.717, 1.165) is 35.4 Å². The maximum atomic E-state index is 12.9. The second-order valence-corrected chi connectivity index (χ2v) is 7.66. The van der Waals surface area contributed by atoms with E-state index >= 15 is 0 Å². The fourth-order valence-corrected chi connectivity index (χ4v) is 3.34. The van der Waals surface area contributed by atoms with E-state index < -0.39 is 0 Å². The monoisotopic (exact) mass is 418 g/mol. The van der Waals surface area contributed by atoms with Gasteiger partial charge in [-0.3, -0.25) is 9.20 Å². The lowest BCUT2D eigenvalue weighted by molar-refractivity contribution is -0.00397. The Bertz CT molecular complexity index is 1260. The van der Waals surface area contributed by atoms with Crippen LogP contribution in [0, 0.1) is 13.8 Å². The zero-order valence-electron chi connectivity index (χ0n) is 17.3. The first kappa shape index (κ1) is 19.4. The lowest BCUT2D eigenvalue weighted by atomic mass is 10.1. The molecule has 158 valence electrons. The number of ether oxygens (including phenoxy) is 1. The van der Waals surface area contributed by atoms with Crippen molar-refractivity contribution in [2.45, 2.75) is 26.6 Å². The quantitative estimate of drug-likeness (QED) is 0.496. The molecule has 1 aromatic carbocycles. The van der Waals surface area contributed by atoms with E-state index in [9.17, 15) is 4.79 Å². The SMILES string of the molecule is Cc1ccc2ncc(C(=O)Nc3cc(-c4noc(COC5CNC5)n4)ccc3C)n2c1. The van der Waals surface area contributed by atoms with Crippen molar-refractivity contribution in [1.82, 2.24) is 24.8 Å². The molecule has 1 fully saturated rings. The summed E-state index contributed by atoms with van der Waals surface area (Å²) in [6.07, 6.45) is 3.66. The van der Waals surface area contributed by atoms with Crippen LogP contribution in [0.5, 0.6) is 0 Å². The highest BCUT2D eigenvalue weighted by Crippen LogP contribution is 2.24. The Morgan fingerprint density at radius 2 is 2.16 bits per heavy atom. The number of anilines is 1. The summed E-state index contributed by atoms with van der Waals surface area (Å²) in [6, 6.07) is 9.50. The summed E-state index contributed by atoms with van der Waals surface area (Å²) in [5.41, 5.74) is 4.58. The predicted octanol–water partition coefficient (Wildman–Crippen LogP) is 2.74. The fraction of sp³-hybridized carbons (Fsp3) is 0.273. The second kappa shape index (κ2) is 7.93. The van der Waals surface area contributed by atoms with Gasteiger partial charge >= 0.3 is 0 Å². The zero-order chi connectivity index (χ0) is 21.4. The average Bonchev–Trinajstić information content (AvgIpc) is 3.35. The minimum atomic E-state index is -0.241. The van der Waals surface area contributed by atoms with Crippen molar-refractivity contribution < 1.29 is 14.1 Å². The van der Waals surface area contributed by atoms with E-state index in [4.69, 9.17) is 9.26 Å². The van der Waals surface area contributed by atoms with Crippen LogP contribution in [0.15, 0.2) is 47.2 Å². The molecule has 1 saturated heterocycles. The lowest BCUT2D eigenvalue weighted by Gasteiger charge is -2.26. The van der Waals surface area contributed by atoms with Gasteiger partial charge in [-0.05, 0) is 37.1 Å². The molecule has 4 aromatic rings. The maximum absolute atomic E-state index is 12.9. The van der Waals surface area contributed by atoms with Gasteiger partial charge in [0, 0.05) is 30.5 Å². The van der Waals surface area contributed by atoms with Crippen LogP contribution in [0.3, 0.4) is 0 Å². The molecule has 2 N–H and O–H groups in total. The Hall–Kier alpha value is -3.56. The standard InChI is InChI=1S/C22H22N6O3/c1-13-3-6-19-24-10-18(28(19)11-13)22(29)25-17-7-15(5-4-14(17)2)21-26-20(31-27-21)12-30-16-8-23-9-16/h3-7,10-11,16,23H,8-9,12H2,1-2H3,(H,25,29). The molecule has 0 atom stereocenters. The number of fused-ring (bicyclic) bond motifs is 1. The molecular formula is C22H22N6O3. The molecule has 0 unspecified atom stereocenters. The van der Waals surface area contributed by atoms with Crippen LogP contribution in [-0.2, 0) is 11.3 Å². The third-order valence-electron chi connectivity index (χ3n) is 5.28. The van der Waals surface area contributed by atoms with E-state index in [-0.39, 0.29) is 18.6 Å². The van der Waals surface area contributed by atoms with Gasteiger partial charge in [0.25, 0.3) is 11.8 Å². The van der Waals surface area contributed by atoms with Gasteiger partial charge in [0.2, 0.25) is 5.82 Å². The number of imidazole rings is 1. The highest BCUT2D eigenvalue weighted by atomic mass is 16.5. The van der Waals surface area contributed by atoms with E-state index in [1.54, 1.807) is 10.6 Å². The minimum absolute atomic E-state index is 0.194. The first-order valence-electron chi connectivity index (χ1n) is 10.1. The Balaban J connectivity index is 1.35. The highest BCUT2D eigenvalue weighted by Gasteiger charge is 2.19. The molecule has 0 bridgehead atoms. The van der Waals surface area contributed by atoms with Gasteiger partial charge in [0.1, 0.15) is 17.9 Å². The van der Waals surface area contributed by atoms with Crippen LogP contribution in [0.2, 0.25) is 0 Å².